The summed E-state index contributed by atoms with van der Waals surface area (Å²) in [5.74, 6) is 0.0360. The van der Waals surface area contributed by atoms with Gasteiger partial charge in [-0.15, -0.1) is 0 Å². The molecule has 2 aromatic rings. The summed E-state index contributed by atoms with van der Waals surface area (Å²) < 4.78 is 29.8. The third-order valence-corrected chi connectivity index (χ3v) is 6.35. The SMILES string of the molecule is CN(Cc1ccc(OCC(=O)Nc2ccccc2C(=O)N2CCCC2)cc1)S(C)(=O)=O. The van der Waals surface area contributed by atoms with Crippen LogP contribution in [-0.4, -0.2) is 62.4 Å². The van der Waals surface area contributed by atoms with Crippen LogP contribution in [0.3, 0.4) is 0 Å². The molecule has 3 rings (SSSR count). The molecule has 0 spiro atoms. The van der Waals surface area contributed by atoms with Gasteiger partial charge in [-0.25, -0.2) is 12.7 Å². The monoisotopic (exact) mass is 445 g/mol. The van der Waals surface area contributed by atoms with Crippen molar-refractivity contribution in [3.05, 3.63) is 59.7 Å². The smallest absolute Gasteiger partial charge is 0.262 e. The van der Waals surface area contributed by atoms with Gasteiger partial charge in [-0.1, -0.05) is 24.3 Å². The molecule has 0 aromatic heterocycles. The predicted molar refractivity (Wildman–Crippen MR) is 118 cm³/mol. The normalized spacial score (nSPS) is 14.0. The van der Waals surface area contributed by atoms with E-state index in [0.717, 1.165) is 37.8 Å². The highest BCUT2D eigenvalue weighted by Crippen LogP contribution is 2.20. The molecule has 1 N–H and O–H groups in total. The second-order valence-corrected chi connectivity index (χ2v) is 9.63. The third-order valence-electron chi connectivity index (χ3n) is 5.09. The number of para-hydroxylation sites is 1. The summed E-state index contributed by atoms with van der Waals surface area (Å²) in [6, 6.07) is 13.8. The lowest BCUT2D eigenvalue weighted by Crippen LogP contribution is -2.29. The number of nitrogens with one attached hydrogen (secondary N) is 1. The number of rotatable bonds is 8. The largest absolute Gasteiger partial charge is 0.484 e. The summed E-state index contributed by atoms with van der Waals surface area (Å²) >= 11 is 0. The maximum Gasteiger partial charge on any atom is 0.262 e. The van der Waals surface area contributed by atoms with Crippen LogP contribution in [-0.2, 0) is 21.4 Å². The number of carbonyl (C=O) groups is 2. The topological polar surface area (TPSA) is 96.0 Å². The van der Waals surface area contributed by atoms with E-state index in [9.17, 15) is 18.0 Å². The van der Waals surface area contributed by atoms with E-state index in [-0.39, 0.29) is 25.0 Å². The third kappa shape index (κ3) is 6.28. The predicted octanol–water partition coefficient (Wildman–Crippen LogP) is 2.33. The number of benzene rings is 2. The summed E-state index contributed by atoms with van der Waals surface area (Å²) in [6.07, 6.45) is 3.15. The molecule has 166 valence electrons. The Morgan fingerprint density at radius 3 is 2.35 bits per heavy atom. The summed E-state index contributed by atoms with van der Waals surface area (Å²) in [5.41, 5.74) is 1.74. The van der Waals surface area contributed by atoms with E-state index in [4.69, 9.17) is 4.74 Å². The van der Waals surface area contributed by atoms with Gasteiger partial charge in [0, 0.05) is 26.7 Å². The molecule has 0 atom stereocenters. The van der Waals surface area contributed by atoms with Gasteiger partial charge >= 0.3 is 0 Å². The first kappa shape index (κ1) is 22.8. The van der Waals surface area contributed by atoms with E-state index >= 15 is 0 Å². The zero-order valence-corrected chi connectivity index (χ0v) is 18.5. The van der Waals surface area contributed by atoms with Gasteiger partial charge < -0.3 is 15.0 Å². The van der Waals surface area contributed by atoms with Crippen molar-refractivity contribution in [1.29, 1.82) is 0 Å². The van der Waals surface area contributed by atoms with E-state index in [2.05, 4.69) is 5.32 Å². The highest BCUT2D eigenvalue weighted by molar-refractivity contribution is 7.88. The zero-order valence-electron chi connectivity index (χ0n) is 17.7. The molecule has 1 aliphatic rings. The van der Waals surface area contributed by atoms with E-state index in [0.29, 0.717) is 17.0 Å². The molecular formula is C22H27N3O5S. The molecule has 0 saturated carbocycles. The molecule has 1 aliphatic heterocycles. The molecule has 0 unspecified atom stereocenters. The lowest BCUT2D eigenvalue weighted by molar-refractivity contribution is -0.118. The van der Waals surface area contributed by atoms with Crippen molar-refractivity contribution in [2.45, 2.75) is 19.4 Å². The van der Waals surface area contributed by atoms with Gasteiger partial charge in [0.1, 0.15) is 5.75 Å². The number of sulfonamides is 1. The van der Waals surface area contributed by atoms with Crippen molar-refractivity contribution < 1.29 is 22.7 Å². The van der Waals surface area contributed by atoms with Crippen molar-refractivity contribution in [1.82, 2.24) is 9.21 Å². The lowest BCUT2D eigenvalue weighted by atomic mass is 10.1. The fourth-order valence-corrected chi connectivity index (χ4v) is 3.65. The highest BCUT2D eigenvalue weighted by Gasteiger charge is 2.22. The molecule has 31 heavy (non-hydrogen) atoms. The van der Waals surface area contributed by atoms with Crippen LogP contribution in [0.1, 0.15) is 28.8 Å². The molecule has 0 aliphatic carbocycles. The van der Waals surface area contributed by atoms with Crippen LogP contribution in [0.2, 0.25) is 0 Å². The van der Waals surface area contributed by atoms with Crippen molar-refractivity contribution in [3.63, 3.8) is 0 Å². The van der Waals surface area contributed by atoms with Gasteiger partial charge in [0.05, 0.1) is 17.5 Å². The Hall–Kier alpha value is -2.91. The van der Waals surface area contributed by atoms with Gasteiger partial charge in [0.15, 0.2) is 6.61 Å². The number of hydrogen-bond acceptors (Lipinski definition) is 5. The molecule has 0 bridgehead atoms. The van der Waals surface area contributed by atoms with Crippen LogP contribution in [0.5, 0.6) is 5.75 Å². The average Bonchev–Trinajstić information content (AvgIpc) is 3.27. The highest BCUT2D eigenvalue weighted by atomic mass is 32.2. The van der Waals surface area contributed by atoms with Crippen molar-refractivity contribution in [3.8, 4) is 5.75 Å². The van der Waals surface area contributed by atoms with Gasteiger partial charge in [0.25, 0.3) is 11.8 Å². The molecule has 1 fully saturated rings. The van der Waals surface area contributed by atoms with Crippen LogP contribution >= 0.6 is 0 Å². The minimum atomic E-state index is -3.26. The van der Waals surface area contributed by atoms with Crippen molar-refractivity contribution in [2.75, 3.05) is 38.3 Å². The van der Waals surface area contributed by atoms with Crippen LogP contribution in [0.15, 0.2) is 48.5 Å². The summed E-state index contributed by atoms with van der Waals surface area (Å²) in [4.78, 5) is 26.9. The van der Waals surface area contributed by atoms with E-state index in [1.807, 2.05) is 0 Å². The first-order chi connectivity index (χ1) is 14.7. The zero-order chi connectivity index (χ0) is 22.4. The Morgan fingerprint density at radius 1 is 1.06 bits per heavy atom. The molecule has 9 heteroatoms. The Kier molecular flexibility index (Phi) is 7.29. The summed E-state index contributed by atoms with van der Waals surface area (Å²) in [6.45, 7) is 1.51. The van der Waals surface area contributed by atoms with Gasteiger partial charge in [-0.05, 0) is 42.7 Å². The number of ether oxygens (including phenoxy) is 1. The average molecular weight is 446 g/mol. The minimum Gasteiger partial charge on any atom is -0.484 e. The van der Waals surface area contributed by atoms with Crippen LogP contribution in [0.4, 0.5) is 5.69 Å². The fourth-order valence-electron chi connectivity index (χ4n) is 3.27. The first-order valence-electron chi connectivity index (χ1n) is 10.1. The molecule has 2 amide bonds. The Bertz CT molecular complexity index is 1030. The van der Waals surface area contributed by atoms with Crippen LogP contribution < -0.4 is 10.1 Å². The minimum absolute atomic E-state index is 0.0797. The number of carbonyl (C=O) groups excluding carboxylic acids is 2. The number of likely N-dealkylation sites (tertiary alicyclic amines) is 1. The lowest BCUT2D eigenvalue weighted by Gasteiger charge is -2.18. The molecule has 1 saturated heterocycles. The van der Waals surface area contributed by atoms with Crippen molar-refractivity contribution >= 4 is 27.5 Å². The summed E-state index contributed by atoms with van der Waals surface area (Å²) in [5, 5.41) is 2.75. The molecule has 2 aromatic carbocycles. The van der Waals surface area contributed by atoms with Gasteiger partial charge in [-0.3, -0.25) is 9.59 Å². The molecule has 8 nitrogen and oxygen atoms in total. The Morgan fingerprint density at radius 2 is 1.71 bits per heavy atom. The fraction of sp³-hybridized carbons (Fsp3) is 0.364. The van der Waals surface area contributed by atoms with Crippen LogP contribution in [0, 0.1) is 0 Å². The molecule has 1 heterocycles. The number of anilines is 1. The second-order valence-electron chi connectivity index (χ2n) is 7.54. The van der Waals surface area contributed by atoms with E-state index < -0.39 is 10.0 Å². The number of nitrogens with zero attached hydrogens (tertiary/aromatic N) is 2. The Labute approximate surface area is 182 Å². The van der Waals surface area contributed by atoms with Crippen molar-refractivity contribution in [2.24, 2.45) is 0 Å². The standard InChI is InChI=1S/C22H27N3O5S/c1-24(31(2,28)29)15-17-9-11-18(12-10-17)30-16-21(26)23-20-8-4-3-7-19(20)22(27)25-13-5-6-14-25/h3-4,7-12H,5-6,13-16H2,1-2H3,(H,23,26). The Balaban J connectivity index is 1.55. The van der Waals surface area contributed by atoms with Crippen LogP contribution in [0.25, 0.3) is 0 Å². The maximum atomic E-state index is 12.7. The van der Waals surface area contributed by atoms with Gasteiger partial charge in [0.2, 0.25) is 10.0 Å². The van der Waals surface area contributed by atoms with Gasteiger partial charge in [-0.2, -0.15) is 0 Å². The first-order valence-corrected chi connectivity index (χ1v) is 11.9. The quantitative estimate of drug-likeness (QED) is 0.673. The molecular weight excluding hydrogens is 418 g/mol. The molecule has 0 radical (unpaired) electrons. The second kappa shape index (κ2) is 9.93. The number of amides is 2. The maximum absolute atomic E-state index is 12.7. The number of hydrogen-bond donors (Lipinski definition) is 1. The van der Waals surface area contributed by atoms with E-state index in [1.165, 1.54) is 11.4 Å². The summed E-state index contributed by atoms with van der Waals surface area (Å²) in [7, 11) is -1.75. The van der Waals surface area contributed by atoms with E-state index in [1.54, 1.807) is 53.4 Å².